The lowest BCUT2D eigenvalue weighted by molar-refractivity contribution is 0.340. The lowest BCUT2D eigenvalue weighted by atomic mass is 10.0. The van der Waals surface area contributed by atoms with E-state index in [0.29, 0.717) is 17.8 Å². The van der Waals surface area contributed by atoms with E-state index in [1.807, 2.05) is 25.1 Å². The number of pyridine rings is 1. The molecule has 0 atom stereocenters. The third-order valence-electron chi connectivity index (χ3n) is 5.46. The molecule has 158 valence electrons. The molecule has 0 saturated carbocycles. The fraction of sp³-hybridized carbons (Fsp3) is 0.458. The number of aryl methyl sites for hydroxylation is 2. The number of benzene rings is 1. The predicted octanol–water partition coefficient (Wildman–Crippen LogP) is 4.87. The summed E-state index contributed by atoms with van der Waals surface area (Å²) < 4.78 is 8.23. The molecule has 3 heterocycles. The van der Waals surface area contributed by atoms with Gasteiger partial charge in [-0.15, -0.1) is 5.10 Å². The minimum atomic E-state index is 0.351. The topological polar surface area (TPSA) is 64.9 Å². The minimum Gasteiger partial charge on any atom is -0.439 e. The molecule has 2 aromatic heterocycles. The van der Waals surface area contributed by atoms with E-state index in [9.17, 15) is 0 Å². The largest absolute Gasteiger partial charge is 0.439 e. The molecular formula is C24H31N5O. The van der Waals surface area contributed by atoms with Gasteiger partial charge in [0.2, 0.25) is 5.88 Å². The second-order valence-corrected chi connectivity index (χ2v) is 8.66. The first-order valence-corrected chi connectivity index (χ1v) is 10.9. The molecular weight excluding hydrogens is 374 g/mol. The molecule has 4 rings (SSSR count). The van der Waals surface area contributed by atoms with Gasteiger partial charge in [-0.05, 0) is 81.4 Å². The van der Waals surface area contributed by atoms with Crippen molar-refractivity contribution in [3.8, 4) is 23.0 Å². The van der Waals surface area contributed by atoms with Gasteiger partial charge in [-0.2, -0.15) is 0 Å². The fourth-order valence-corrected chi connectivity index (χ4v) is 4.18. The standard InChI is InChI=1S/C24H31N5O/c1-16(2)12-19-13-17(3)14-21(15-19)30-23-7-5-6-22(26-23)24-18(4)27-28-29(24)20-8-10-25-11-9-20/h5-7,13-16,20,25H,8-12H2,1-4H3. The Morgan fingerprint density at radius 3 is 2.70 bits per heavy atom. The first-order valence-electron chi connectivity index (χ1n) is 10.9. The summed E-state index contributed by atoms with van der Waals surface area (Å²) in [5, 5.41) is 12.2. The summed E-state index contributed by atoms with van der Waals surface area (Å²) in [4.78, 5) is 4.81. The number of rotatable bonds is 6. The van der Waals surface area contributed by atoms with Crippen LogP contribution in [0.4, 0.5) is 0 Å². The van der Waals surface area contributed by atoms with Crippen LogP contribution in [-0.4, -0.2) is 33.1 Å². The van der Waals surface area contributed by atoms with Crippen LogP contribution in [0.25, 0.3) is 11.4 Å². The molecule has 0 unspecified atom stereocenters. The lowest BCUT2D eigenvalue weighted by Crippen LogP contribution is -2.30. The number of nitrogens with zero attached hydrogens (tertiary/aromatic N) is 4. The summed E-state index contributed by atoms with van der Waals surface area (Å²) in [6.45, 7) is 10.6. The number of hydrogen-bond donors (Lipinski definition) is 1. The van der Waals surface area contributed by atoms with E-state index in [-0.39, 0.29) is 0 Å². The van der Waals surface area contributed by atoms with Crippen molar-refractivity contribution in [1.82, 2.24) is 25.3 Å². The van der Waals surface area contributed by atoms with Gasteiger partial charge in [0.05, 0.1) is 17.4 Å². The highest BCUT2D eigenvalue weighted by Gasteiger charge is 2.22. The van der Waals surface area contributed by atoms with Crippen LogP contribution in [0.2, 0.25) is 0 Å². The lowest BCUT2D eigenvalue weighted by Gasteiger charge is -2.24. The van der Waals surface area contributed by atoms with E-state index in [2.05, 4.69) is 59.3 Å². The van der Waals surface area contributed by atoms with Crippen LogP contribution in [0.15, 0.2) is 36.4 Å². The summed E-state index contributed by atoms with van der Waals surface area (Å²) in [7, 11) is 0. The zero-order chi connectivity index (χ0) is 21.1. The fourth-order valence-electron chi connectivity index (χ4n) is 4.18. The first kappa shape index (κ1) is 20.5. The van der Waals surface area contributed by atoms with Crippen molar-refractivity contribution in [1.29, 1.82) is 0 Å². The Morgan fingerprint density at radius 2 is 1.93 bits per heavy atom. The van der Waals surface area contributed by atoms with Gasteiger partial charge in [-0.3, -0.25) is 0 Å². The molecule has 6 heteroatoms. The van der Waals surface area contributed by atoms with E-state index >= 15 is 0 Å². The maximum Gasteiger partial charge on any atom is 0.219 e. The van der Waals surface area contributed by atoms with Crippen molar-refractivity contribution >= 4 is 0 Å². The maximum absolute atomic E-state index is 6.17. The van der Waals surface area contributed by atoms with Crippen LogP contribution in [0.5, 0.6) is 11.6 Å². The molecule has 1 aromatic carbocycles. The van der Waals surface area contributed by atoms with Crippen LogP contribution >= 0.6 is 0 Å². The predicted molar refractivity (Wildman–Crippen MR) is 119 cm³/mol. The molecule has 1 aliphatic heterocycles. The zero-order valence-electron chi connectivity index (χ0n) is 18.4. The number of nitrogens with one attached hydrogen (secondary N) is 1. The van der Waals surface area contributed by atoms with Crippen molar-refractivity contribution in [2.75, 3.05) is 13.1 Å². The number of ether oxygens (including phenoxy) is 1. The van der Waals surface area contributed by atoms with Crippen molar-refractivity contribution < 1.29 is 4.74 Å². The average molecular weight is 406 g/mol. The van der Waals surface area contributed by atoms with Gasteiger partial charge < -0.3 is 10.1 Å². The van der Waals surface area contributed by atoms with Crippen LogP contribution in [0.3, 0.4) is 0 Å². The molecule has 0 amide bonds. The normalized spacial score (nSPS) is 15.0. The molecule has 1 N–H and O–H groups in total. The molecule has 0 bridgehead atoms. The number of piperidine rings is 1. The zero-order valence-corrected chi connectivity index (χ0v) is 18.4. The second kappa shape index (κ2) is 8.96. The van der Waals surface area contributed by atoms with Gasteiger partial charge in [0.15, 0.2) is 0 Å². The molecule has 1 fully saturated rings. The first-order chi connectivity index (χ1) is 14.5. The van der Waals surface area contributed by atoms with E-state index in [1.165, 1.54) is 11.1 Å². The Hall–Kier alpha value is -2.73. The highest BCUT2D eigenvalue weighted by atomic mass is 16.5. The highest BCUT2D eigenvalue weighted by Crippen LogP contribution is 2.30. The molecule has 0 radical (unpaired) electrons. The van der Waals surface area contributed by atoms with E-state index in [4.69, 9.17) is 9.72 Å². The van der Waals surface area contributed by atoms with Crippen LogP contribution in [0, 0.1) is 19.8 Å². The number of aromatic nitrogens is 4. The van der Waals surface area contributed by atoms with Gasteiger partial charge in [0.1, 0.15) is 11.4 Å². The molecule has 0 spiro atoms. The molecule has 1 saturated heterocycles. The summed E-state index contributed by atoms with van der Waals surface area (Å²) in [5.41, 5.74) is 5.22. The molecule has 1 aliphatic rings. The Labute approximate surface area is 178 Å². The van der Waals surface area contributed by atoms with Gasteiger partial charge in [0.25, 0.3) is 0 Å². The van der Waals surface area contributed by atoms with Gasteiger partial charge in [0, 0.05) is 6.07 Å². The van der Waals surface area contributed by atoms with Crippen molar-refractivity contribution in [2.24, 2.45) is 5.92 Å². The Balaban J connectivity index is 1.62. The van der Waals surface area contributed by atoms with E-state index in [0.717, 1.165) is 55.2 Å². The Bertz CT molecular complexity index is 1000. The SMILES string of the molecule is Cc1cc(CC(C)C)cc(Oc2cccc(-c3c(C)nnn3C3CCNCC3)n2)c1. The molecule has 6 nitrogen and oxygen atoms in total. The molecule has 0 aliphatic carbocycles. The summed E-state index contributed by atoms with van der Waals surface area (Å²) >= 11 is 0. The maximum atomic E-state index is 6.17. The van der Waals surface area contributed by atoms with Crippen LogP contribution < -0.4 is 10.1 Å². The van der Waals surface area contributed by atoms with E-state index < -0.39 is 0 Å². The smallest absolute Gasteiger partial charge is 0.219 e. The van der Waals surface area contributed by atoms with Gasteiger partial charge in [-0.25, -0.2) is 9.67 Å². The van der Waals surface area contributed by atoms with Crippen molar-refractivity contribution in [2.45, 2.75) is 53.0 Å². The third kappa shape index (κ3) is 4.70. The monoisotopic (exact) mass is 405 g/mol. The minimum absolute atomic E-state index is 0.351. The van der Waals surface area contributed by atoms with Gasteiger partial charge >= 0.3 is 0 Å². The highest BCUT2D eigenvalue weighted by molar-refractivity contribution is 5.58. The van der Waals surface area contributed by atoms with Crippen LogP contribution in [0.1, 0.15) is 49.6 Å². The number of hydrogen-bond acceptors (Lipinski definition) is 5. The van der Waals surface area contributed by atoms with Crippen molar-refractivity contribution in [3.05, 3.63) is 53.2 Å². The van der Waals surface area contributed by atoms with Gasteiger partial charge in [-0.1, -0.05) is 31.2 Å². The van der Waals surface area contributed by atoms with Crippen LogP contribution in [-0.2, 0) is 6.42 Å². The van der Waals surface area contributed by atoms with E-state index in [1.54, 1.807) is 0 Å². The average Bonchev–Trinajstić information content (AvgIpc) is 3.09. The summed E-state index contributed by atoms with van der Waals surface area (Å²) in [5.74, 6) is 2.02. The summed E-state index contributed by atoms with van der Waals surface area (Å²) in [6, 6.07) is 12.7. The molecule has 3 aromatic rings. The summed E-state index contributed by atoms with van der Waals surface area (Å²) in [6.07, 6.45) is 3.13. The Kier molecular flexibility index (Phi) is 6.13. The molecule has 30 heavy (non-hydrogen) atoms. The quantitative estimate of drug-likeness (QED) is 0.634. The Morgan fingerprint density at radius 1 is 1.13 bits per heavy atom. The third-order valence-corrected chi connectivity index (χ3v) is 5.46. The van der Waals surface area contributed by atoms with Crippen molar-refractivity contribution in [3.63, 3.8) is 0 Å². The second-order valence-electron chi connectivity index (χ2n) is 8.66.